The molecule has 0 fully saturated rings. The lowest BCUT2D eigenvalue weighted by Crippen LogP contribution is -1.93. The highest BCUT2D eigenvalue weighted by molar-refractivity contribution is 7.99. The Labute approximate surface area is 129 Å². The fourth-order valence-electron chi connectivity index (χ4n) is 2.02. The molecule has 4 aromatic heterocycles. The second kappa shape index (κ2) is 5.26. The number of pyridine rings is 1. The summed E-state index contributed by atoms with van der Waals surface area (Å²) in [6, 6.07) is 5.96. The summed E-state index contributed by atoms with van der Waals surface area (Å²) < 4.78 is 7.33. The number of aromatic amines is 1. The van der Waals surface area contributed by atoms with E-state index in [4.69, 9.17) is 4.52 Å². The van der Waals surface area contributed by atoms with Crippen molar-refractivity contribution >= 4 is 17.3 Å². The van der Waals surface area contributed by atoms with Gasteiger partial charge in [-0.1, -0.05) is 23.0 Å². The number of nitrogens with one attached hydrogen (secondary N) is 1. The quantitative estimate of drug-likeness (QED) is 0.577. The van der Waals surface area contributed by atoms with Gasteiger partial charge in [0.25, 0.3) is 0 Å². The third kappa shape index (κ3) is 2.25. The largest absolute Gasteiger partial charge is 0.338 e. The predicted octanol–water partition coefficient (Wildman–Crippen LogP) is 2.36. The number of imidazole rings is 1. The van der Waals surface area contributed by atoms with E-state index >= 15 is 0 Å². The van der Waals surface area contributed by atoms with Gasteiger partial charge in [0.15, 0.2) is 11.0 Å². The van der Waals surface area contributed by atoms with Gasteiger partial charge in [0.05, 0.1) is 17.0 Å². The lowest BCUT2D eigenvalue weighted by Gasteiger charge is -2.05. The molecule has 0 saturated carbocycles. The van der Waals surface area contributed by atoms with Crippen molar-refractivity contribution < 1.29 is 4.52 Å². The van der Waals surface area contributed by atoms with Crippen LogP contribution in [0.15, 0.2) is 46.6 Å². The SMILES string of the molecule is C[C@H](Sc1ncc2ccccn12)c1nc(-c2ncn[nH]2)no1. The monoisotopic (exact) mass is 313 g/mol. The standard InChI is InChI=1S/C13H11N7OS/c1-8(12-17-11(19-21-12)10-15-7-16-18-10)22-13-14-6-9-4-2-3-5-20(9)13/h2-8H,1H3,(H,15,16,18)/t8-/m0/s1. The van der Waals surface area contributed by atoms with Gasteiger partial charge >= 0.3 is 0 Å². The van der Waals surface area contributed by atoms with Crippen molar-refractivity contribution in [2.45, 2.75) is 17.3 Å². The van der Waals surface area contributed by atoms with Crippen LogP contribution in [0.2, 0.25) is 0 Å². The molecule has 0 radical (unpaired) electrons. The van der Waals surface area contributed by atoms with Crippen molar-refractivity contribution in [3.63, 3.8) is 0 Å². The molecule has 0 saturated heterocycles. The van der Waals surface area contributed by atoms with Gasteiger partial charge in [0.2, 0.25) is 11.7 Å². The average molecular weight is 313 g/mol. The second-order valence-corrected chi connectivity index (χ2v) is 5.89. The first-order valence-electron chi connectivity index (χ1n) is 6.59. The Bertz CT molecular complexity index is 898. The number of rotatable bonds is 4. The number of aromatic nitrogens is 7. The lowest BCUT2D eigenvalue weighted by atomic mass is 10.4. The molecular formula is C13H11N7OS. The summed E-state index contributed by atoms with van der Waals surface area (Å²) in [5, 5.41) is 11.2. The van der Waals surface area contributed by atoms with E-state index in [1.807, 2.05) is 41.9 Å². The Hall–Kier alpha value is -2.68. The van der Waals surface area contributed by atoms with Gasteiger partial charge in [0.1, 0.15) is 6.33 Å². The van der Waals surface area contributed by atoms with Crippen LogP contribution in [0, 0.1) is 0 Å². The van der Waals surface area contributed by atoms with E-state index in [0.29, 0.717) is 17.5 Å². The van der Waals surface area contributed by atoms with Crippen LogP contribution in [-0.2, 0) is 0 Å². The summed E-state index contributed by atoms with van der Waals surface area (Å²) in [5.74, 6) is 1.40. The van der Waals surface area contributed by atoms with Crippen LogP contribution in [0.5, 0.6) is 0 Å². The maximum Gasteiger partial charge on any atom is 0.240 e. The summed E-state index contributed by atoms with van der Waals surface area (Å²) in [6.45, 7) is 1.99. The zero-order chi connectivity index (χ0) is 14.9. The predicted molar refractivity (Wildman–Crippen MR) is 79.1 cm³/mol. The lowest BCUT2D eigenvalue weighted by molar-refractivity contribution is 0.380. The third-order valence-electron chi connectivity index (χ3n) is 3.10. The number of nitrogens with zero attached hydrogens (tertiary/aromatic N) is 6. The van der Waals surface area contributed by atoms with E-state index in [2.05, 4.69) is 30.3 Å². The topological polar surface area (TPSA) is 97.8 Å². The molecule has 4 heterocycles. The van der Waals surface area contributed by atoms with Crippen molar-refractivity contribution in [2.75, 3.05) is 0 Å². The van der Waals surface area contributed by atoms with Crippen molar-refractivity contribution in [2.24, 2.45) is 0 Å². The molecule has 4 aromatic rings. The van der Waals surface area contributed by atoms with Gasteiger partial charge < -0.3 is 4.52 Å². The van der Waals surface area contributed by atoms with E-state index in [9.17, 15) is 0 Å². The molecule has 0 aliphatic heterocycles. The zero-order valence-corrected chi connectivity index (χ0v) is 12.4. The molecule has 9 heteroatoms. The van der Waals surface area contributed by atoms with Gasteiger partial charge in [0, 0.05) is 6.20 Å². The van der Waals surface area contributed by atoms with Crippen LogP contribution in [0.1, 0.15) is 18.1 Å². The van der Waals surface area contributed by atoms with E-state index in [1.165, 1.54) is 6.33 Å². The first-order chi connectivity index (χ1) is 10.8. The summed E-state index contributed by atoms with van der Waals surface area (Å²) in [6.07, 6.45) is 5.22. The van der Waals surface area contributed by atoms with Crippen LogP contribution >= 0.6 is 11.8 Å². The van der Waals surface area contributed by atoms with Gasteiger partial charge in [-0.05, 0) is 19.1 Å². The molecule has 1 N–H and O–H groups in total. The molecule has 0 aliphatic carbocycles. The maximum absolute atomic E-state index is 5.30. The molecule has 4 rings (SSSR count). The number of fused-ring (bicyclic) bond motifs is 1. The number of H-pyrrole nitrogens is 1. The second-order valence-electron chi connectivity index (χ2n) is 4.59. The highest BCUT2D eigenvalue weighted by atomic mass is 32.2. The van der Waals surface area contributed by atoms with Gasteiger partial charge in [-0.25, -0.2) is 9.97 Å². The zero-order valence-electron chi connectivity index (χ0n) is 11.5. The van der Waals surface area contributed by atoms with Crippen molar-refractivity contribution in [1.82, 2.24) is 34.7 Å². The fourth-order valence-corrected chi connectivity index (χ4v) is 2.93. The molecule has 0 amide bonds. The first kappa shape index (κ1) is 13.0. The fraction of sp³-hybridized carbons (Fsp3) is 0.154. The summed E-state index contributed by atoms with van der Waals surface area (Å²) in [5.41, 5.74) is 1.05. The summed E-state index contributed by atoms with van der Waals surface area (Å²) in [4.78, 5) is 12.8. The molecule has 0 spiro atoms. The smallest absolute Gasteiger partial charge is 0.240 e. The maximum atomic E-state index is 5.30. The van der Waals surface area contributed by atoms with Crippen LogP contribution in [0.3, 0.4) is 0 Å². The first-order valence-corrected chi connectivity index (χ1v) is 7.47. The summed E-state index contributed by atoms with van der Waals surface area (Å²) in [7, 11) is 0. The van der Waals surface area contributed by atoms with Crippen molar-refractivity contribution in [3.8, 4) is 11.6 Å². The molecule has 0 bridgehead atoms. The minimum absolute atomic E-state index is 0.0324. The number of thioether (sulfide) groups is 1. The number of hydrogen-bond acceptors (Lipinski definition) is 7. The van der Waals surface area contributed by atoms with Crippen molar-refractivity contribution in [1.29, 1.82) is 0 Å². The average Bonchev–Trinajstić information content (AvgIpc) is 3.28. The molecule has 110 valence electrons. The highest BCUT2D eigenvalue weighted by Crippen LogP contribution is 2.33. The Morgan fingerprint density at radius 1 is 1.32 bits per heavy atom. The molecular weight excluding hydrogens is 302 g/mol. The molecule has 22 heavy (non-hydrogen) atoms. The minimum Gasteiger partial charge on any atom is -0.338 e. The third-order valence-corrected chi connectivity index (χ3v) is 4.17. The van der Waals surface area contributed by atoms with Gasteiger partial charge in [-0.2, -0.15) is 10.1 Å². The van der Waals surface area contributed by atoms with E-state index in [1.54, 1.807) is 11.8 Å². The van der Waals surface area contributed by atoms with Gasteiger partial charge in [-0.15, -0.1) is 0 Å². The van der Waals surface area contributed by atoms with Gasteiger partial charge in [-0.3, -0.25) is 9.50 Å². The van der Waals surface area contributed by atoms with E-state index < -0.39 is 0 Å². The van der Waals surface area contributed by atoms with Crippen LogP contribution in [0.25, 0.3) is 17.2 Å². The molecule has 0 aliphatic rings. The molecule has 0 unspecified atom stereocenters. The molecule has 0 aromatic carbocycles. The van der Waals surface area contributed by atoms with E-state index in [0.717, 1.165) is 10.7 Å². The Morgan fingerprint density at radius 3 is 3.14 bits per heavy atom. The molecule has 1 atom stereocenters. The minimum atomic E-state index is -0.0324. The van der Waals surface area contributed by atoms with Crippen LogP contribution in [0.4, 0.5) is 0 Å². The summed E-state index contributed by atoms with van der Waals surface area (Å²) >= 11 is 1.55. The van der Waals surface area contributed by atoms with Crippen LogP contribution < -0.4 is 0 Å². The number of hydrogen-bond donors (Lipinski definition) is 1. The van der Waals surface area contributed by atoms with E-state index in [-0.39, 0.29) is 5.25 Å². The highest BCUT2D eigenvalue weighted by Gasteiger charge is 2.19. The van der Waals surface area contributed by atoms with Crippen LogP contribution in [-0.4, -0.2) is 34.7 Å². The Balaban J connectivity index is 1.58. The Kier molecular flexibility index (Phi) is 3.11. The Morgan fingerprint density at radius 2 is 2.27 bits per heavy atom. The van der Waals surface area contributed by atoms with Crippen molar-refractivity contribution in [3.05, 3.63) is 42.8 Å². The molecule has 8 nitrogen and oxygen atoms in total. The normalized spacial score (nSPS) is 12.8.